The number of hydrogen-bond acceptors (Lipinski definition) is 4. The molecular weight excluding hydrogens is 252 g/mol. The molecule has 2 rings (SSSR count). The van der Waals surface area contributed by atoms with Gasteiger partial charge in [-0.25, -0.2) is 0 Å². The number of aryl methyl sites for hydroxylation is 1. The second-order valence-corrected chi connectivity index (χ2v) is 4.67. The predicted molar refractivity (Wildman–Crippen MR) is 80.5 cm³/mol. The summed E-state index contributed by atoms with van der Waals surface area (Å²) in [7, 11) is 1.65. The normalized spacial score (nSPS) is 11.8. The van der Waals surface area contributed by atoms with Crippen LogP contribution in [0.3, 0.4) is 0 Å². The van der Waals surface area contributed by atoms with E-state index in [9.17, 15) is 0 Å². The van der Waals surface area contributed by atoms with E-state index in [2.05, 4.69) is 10.3 Å². The van der Waals surface area contributed by atoms with Crippen LogP contribution in [0.15, 0.2) is 42.6 Å². The summed E-state index contributed by atoms with van der Waals surface area (Å²) < 4.78 is 10.9. The molecule has 1 aromatic heterocycles. The molecule has 1 aromatic carbocycles. The van der Waals surface area contributed by atoms with Crippen LogP contribution in [0.1, 0.15) is 12.6 Å². The second kappa shape index (κ2) is 6.80. The second-order valence-electron chi connectivity index (χ2n) is 4.67. The summed E-state index contributed by atoms with van der Waals surface area (Å²) in [4.78, 5) is 4.17. The highest BCUT2D eigenvalue weighted by Gasteiger charge is 2.04. The third kappa shape index (κ3) is 4.16. The number of pyridine rings is 1. The number of nitrogens with zero attached hydrogens (tertiary/aromatic N) is 1. The standard InChI is InChI=1S/C16H20N2O2/c1-12-10-14(8-9-17-12)18-11-13(2)20-16-6-4-15(19-3)5-7-16/h4-10,13H,11H2,1-3H3,(H,17,18). The molecule has 0 amide bonds. The van der Waals surface area contributed by atoms with E-state index in [4.69, 9.17) is 9.47 Å². The lowest BCUT2D eigenvalue weighted by Gasteiger charge is -2.16. The van der Waals surface area contributed by atoms with Gasteiger partial charge in [-0.2, -0.15) is 0 Å². The van der Waals surface area contributed by atoms with E-state index < -0.39 is 0 Å². The number of methoxy groups -OCH3 is 1. The van der Waals surface area contributed by atoms with Crippen molar-refractivity contribution in [2.45, 2.75) is 20.0 Å². The molecule has 20 heavy (non-hydrogen) atoms. The van der Waals surface area contributed by atoms with Crippen LogP contribution in [0.4, 0.5) is 5.69 Å². The van der Waals surface area contributed by atoms with Crippen LogP contribution >= 0.6 is 0 Å². The summed E-state index contributed by atoms with van der Waals surface area (Å²) in [5.74, 6) is 1.67. The van der Waals surface area contributed by atoms with Crippen molar-refractivity contribution in [1.82, 2.24) is 4.98 Å². The van der Waals surface area contributed by atoms with E-state index in [1.165, 1.54) is 0 Å². The van der Waals surface area contributed by atoms with Crippen molar-refractivity contribution in [3.8, 4) is 11.5 Å². The van der Waals surface area contributed by atoms with Gasteiger partial charge in [-0.3, -0.25) is 4.98 Å². The van der Waals surface area contributed by atoms with Gasteiger partial charge in [0.1, 0.15) is 17.6 Å². The highest BCUT2D eigenvalue weighted by atomic mass is 16.5. The van der Waals surface area contributed by atoms with Crippen LogP contribution < -0.4 is 14.8 Å². The van der Waals surface area contributed by atoms with Crippen LogP contribution in [0.5, 0.6) is 11.5 Å². The van der Waals surface area contributed by atoms with Gasteiger partial charge >= 0.3 is 0 Å². The van der Waals surface area contributed by atoms with Crippen molar-refractivity contribution in [2.24, 2.45) is 0 Å². The number of benzene rings is 1. The summed E-state index contributed by atoms with van der Waals surface area (Å²) in [5.41, 5.74) is 2.06. The Labute approximate surface area is 119 Å². The third-order valence-corrected chi connectivity index (χ3v) is 2.89. The number of hydrogen-bond donors (Lipinski definition) is 1. The van der Waals surface area contributed by atoms with Gasteiger partial charge in [0.2, 0.25) is 0 Å². The first kappa shape index (κ1) is 14.2. The molecule has 0 saturated heterocycles. The molecule has 4 heteroatoms. The number of rotatable bonds is 6. The highest BCUT2D eigenvalue weighted by molar-refractivity contribution is 5.43. The molecule has 0 radical (unpaired) electrons. The number of anilines is 1. The quantitative estimate of drug-likeness (QED) is 0.876. The van der Waals surface area contributed by atoms with E-state index in [-0.39, 0.29) is 6.10 Å². The van der Waals surface area contributed by atoms with Gasteiger partial charge in [-0.15, -0.1) is 0 Å². The summed E-state index contributed by atoms with van der Waals surface area (Å²) in [5, 5.41) is 3.34. The molecule has 0 aliphatic carbocycles. The first-order valence-electron chi connectivity index (χ1n) is 6.64. The first-order valence-corrected chi connectivity index (χ1v) is 6.64. The van der Waals surface area contributed by atoms with Gasteiger partial charge in [0.05, 0.1) is 13.7 Å². The lowest BCUT2D eigenvalue weighted by atomic mass is 10.3. The van der Waals surface area contributed by atoms with Crippen molar-refractivity contribution < 1.29 is 9.47 Å². The lowest BCUT2D eigenvalue weighted by Crippen LogP contribution is -2.22. The monoisotopic (exact) mass is 272 g/mol. The molecule has 0 saturated carbocycles. The Hall–Kier alpha value is -2.23. The molecule has 0 aliphatic heterocycles. The van der Waals surface area contributed by atoms with E-state index >= 15 is 0 Å². The molecule has 0 bridgehead atoms. The van der Waals surface area contributed by atoms with Crippen LogP contribution in [-0.4, -0.2) is 24.7 Å². The van der Waals surface area contributed by atoms with Crippen LogP contribution in [0, 0.1) is 6.92 Å². The smallest absolute Gasteiger partial charge is 0.120 e. The molecule has 106 valence electrons. The van der Waals surface area contributed by atoms with Gasteiger partial charge in [-0.1, -0.05) is 0 Å². The minimum Gasteiger partial charge on any atom is -0.497 e. The molecule has 0 spiro atoms. The van der Waals surface area contributed by atoms with E-state index in [0.29, 0.717) is 0 Å². The predicted octanol–water partition coefficient (Wildman–Crippen LogP) is 3.28. The van der Waals surface area contributed by atoms with Crippen LogP contribution in [-0.2, 0) is 0 Å². The summed E-state index contributed by atoms with van der Waals surface area (Å²) in [6, 6.07) is 11.6. The topological polar surface area (TPSA) is 43.4 Å². The molecular formula is C16H20N2O2. The van der Waals surface area contributed by atoms with Crippen LogP contribution in [0.25, 0.3) is 0 Å². The minimum absolute atomic E-state index is 0.0665. The average Bonchev–Trinajstić information content (AvgIpc) is 2.46. The zero-order valence-corrected chi connectivity index (χ0v) is 12.1. The molecule has 1 unspecified atom stereocenters. The van der Waals surface area contributed by atoms with Crippen molar-refractivity contribution in [2.75, 3.05) is 19.0 Å². The van der Waals surface area contributed by atoms with Gasteiger partial charge in [0.15, 0.2) is 0 Å². The van der Waals surface area contributed by atoms with Gasteiger partial charge in [0.25, 0.3) is 0 Å². The van der Waals surface area contributed by atoms with E-state index in [0.717, 1.165) is 29.4 Å². The lowest BCUT2D eigenvalue weighted by molar-refractivity contribution is 0.234. The molecule has 0 aliphatic rings. The van der Waals surface area contributed by atoms with E-state index in [1.807, 2.05) is 50.2 Å². The summed E-state index contributed by atoms with van der Waals surface area (Å²) >= 11 is 0. The van der Waals surface area contributed by atoms with Crippen molar-refractivity contribution >= 4 is 5.69 Å². The van der Waals surface area contributed by atoms with Crippen molar-refractivity contribution in [3.05, 3.63) is 48.3 Å². The molecule has 0 fully saturated rings. The van der Waals surface area contributed by atoms with Crippen LogP contribution in [0.2, 0.25) is 0 Å². The molecule has 1 atom stereocenters. The van der Waals surface area contributed by atoms with Crippen molar-refractivity contribution in [3.63, 3.8) is 0 Å². The Morgan fingerprint density at radius 3 is 2.50 bits per heavy atom. The Kier molecular flexibility index (Phi) is 4.82. The Bertz CT molecular complexity index is 540. The SMILES string of the molecule is COc1ccc(OC(C)CNc2ccnc(C)c2)cc1. The van der Waals surface area contributed by atoms with Gasteiger partial charge in [-0.05, 0) is 50.2 Å². The fourth-order valence-electron chi connectivity index (χ4n) is 1.85. The average molecular weight is 272 g/mol. The highest BCUT2D eigenvalue weighted by Crippen LogP contribution is 2.18. The number of ether oxygens (including phenoxy) is 2. The number of aromatic nitrogens is 1. The van der Waals surface area contributed by atoms with Crippen molar-refractivity contribution in [1.29, 1.82) is 0 Å². The zero-order chi connectivity index (χ0) is 14.4. The molecule has 1 N–H and O–H groups in total. The molecule has 1 heterocycles. The third-order valence-electron chi connectivity index (χ3n) is 2.89. The molecule has 4 nitrogen and oxygen atoms in total. The maximum atomic E-state index is 5.83. The maximum absolute atomic E-state index is 5.83. The fourth-order valence-corrected chi connectivity index (χ4v) is 1.85. The van der Waals surface area contributed by atoms with E-state index in [1.54, 1.807) is 13.3 Å². The van der Waals surface area contributed by atoms with Gasteiger partial charge in [0, 0.05) is 17.6 Å². The number of nitrogens with one attached hydrogen (secondary N) is 1. The summed E-state index contributed by atoms with van der Waals surface area (Å²) in [6.45, 7) is 4.74. The first-order chi connectivity index (χ1) is 9.67. The molecule has 2 aromatic rings. The Balaban J connectivity index is 1.84. The largest absolute Gasteiger partial charge is 0.497 e. The minimum atomic E-state index is 0.0665. The summed E-state index contributed by atoms with van der Waals surface area (Å²) in [6.07, 6.45) is 1.86. The van der Waals surface area contributed by atoms with Gasteiger partial charge < -0.3 is 14.8 Å². The zero-order valence-electron chi connectivity index (χ0n) is 12.1. The fraction of sp³-hybridized carbons (Fsp3) is 0.312. The Morgan fingerprint density at radius 1 is 1.15 bits per heavy atom. The Morgan fingerprint density at radius 2 is 1.85 bits per heavy atom. The maximum Gasteiger partial charge on any atom is 0.120 e.